The van der Waals surface area contributed by atoms with Gasteiger partial charge < -0.3 is 9.71 Å². The van der Waals surface area contributed by atoms with Gasteiger partial charge in [0.25, 0.3) is 11.8 Å². The molecule has 0 aromatic heterocycles. The Morgan fingerprint density at radius 2 is 1.83 bits per heavy atom. The lowest BCUT2D eigenvalue weighted by Gasteiger charge is -2.32. The molecular formula is C22H15B3ClF2N3O4. The first-order valence-corrected chi connectivity index (χ1v) is 10.8. The number of alkyl halides is 2. The Hall–Kier alpha value is -3.14. The minimum Gasteiger partial charge on any atom is -0.393 e. The van der Waals surface area contributed by atoms with Crippen molar-refractivity contribution in [1.82, 2.24) is 15.0 Å². The fraction of sp³-hybridized carbons (Fsp3) is 0.273. The number of carbonyl (C=O) groups excluding carboxylic acids is 4. The number of nitrogens with zero attached hydrogens (tertiary/aromatic N) is 2. The molecular weight excluding hydrogens is 476 g/mol. The largest absolute Gasteiger partial charge is 0.393 e. The van der Waals surface area contributed by atoms with Gasteiger partial charge in [-0.3, -0.25) is 24.5 Å². The molecule has 13 heteroatoms. The highest BCUT2D eigenvalue weighted by Gasteiger charge is 2.44. The van der Waals surface area contributed by atoms with Crippen LogP contribution in [0.2, 0.25) is 5.02 Å². The SMILES string of the molecule is [B]c1c(C([B])N([B])C(=O)C(F)(F)c2ccc(Cl)cc2)ccc2c1CN(C1CCC(=O)NC1=O)C2=O. The molecule has 1 N–H and O–H groups in total. The van der Waals surface area contributed by atoms with Gasteiger partial charge in [0.2, 0.25) is 19.8 Å². The third-order valence-corrected chi connectivity index (χ3v) is 6.38. The van der Waals surface area contributed by atoms with Crippen LogP contribution in [0.1, 0.15) is 45.8 Å². The summed E-state index contributed by atoms with van der Waals surface area (Å²) in [5.41, 5.74) is -0.0786. The maximum atomic E-state index is 14.8. The van der Waals surface area contributed by atoms with E-state index < -0.39 is 47.1 Å². The van der Waals surface area contributed by atoms with E-state index in [1.54, 1.807) is 0 Å². The van der Waals surface area contributed by atoms with Crippen LogP contribution in [0, 0.1) is 0 Å². The summed E-state index contributed by atoms with van der Waals surface area (Å²) in [4.78, 5) is 50.5. The summed E-state index contributed by atoms with van der Waals surface area (Å²) in [6.45, 7) is -0.0632. The maximum Gasteiger partial charge on any atom is 0.348 e. The molecule has 172 valence electrons. The lowest BCUT2D eigenvalue weighted by atomic mass is 9.74. The van der Waals surface area contributed by atoms with Gasteiger partial charge in [-0.15, -0.1) is 0 Å². The summed E-state index contributed by atoms with van der Waals surface area (Å²) >= 11 is 5.72. The quantitative estimate of drug-likeness (QED) is 0.495. The van der Waals surface area contributed by atoms with Crippen molar-refractivity contribution in [2.45, 2.75) is 37.3 Å². The van der Waals surface area contributed by atoms with Crippen LogP contribution in [0.15, 0.2) is 36.4 Å². The number of halogens is 3. The van der Waals surface area contributed by atoms with Gasteiger partial charge in [0.15, 0.2) is 0 Å². The monoisotopic (exact) mass is 491 g/mol. The van der Waals surface area contributed by atoms with Crippen molar-refractivity contribution in [3.05, 3.63) is 63.7 Å². The van der Waals surface area contributed by atoms with Crippen LogP contribution in [0.25, 0.3) is 0 Å². The second-order valence-corrected chi connectivity index (χ2v) is 8.67. The molecule has 0 saturated carbocycles. The van der Waals surface area contributed by atoms with E-state index in [1.165, 1.54) is 29.2 Å². The molecule has 2 atom stereocenters. The van der Waals surface area contributed by atoms with Crippen molar-refractivity contribution >= 4 is 64.4 Å². The zero-order valence-electron chi connectivity index (χ0n) is 18.1. The average molecular weight is 491 g/mol. The lowest BCUT2D eigenvalue weighted by molar-refractivity contribution is -0.154. The second kappa shape index (κ2) is 9.15. The highest BCUT2D eigenvalue weighted by Crippen LogP contribution is 2.33. The maximum absolute atomic E-state index is 14.8. The van der Waals surface area contributed by atoms with E-state index in [9.17, 15) is 28.0 Å². The van der Waals surface area contributed by atoms with E-state index in [0.29, 0.717) is 5.56 Å². The minimum atomic E-state index is -4.00. The minimum absolute atomic E-state index is 0.0174. The first-order valence-electron chi connectivity index (χ1n) is 10.5. The van der Waals surface area contributed by atoms with Crippen molar-refractivity contribution in [3.8, 4) is 0 Å². The number of hydrogen-bond acceptors (Lipinski definition) is 4. The molecule has 35 heavy (non-hydrogen) atoms. The number of hydrogen-bond donors (Lipinski definition) is 1. The van der Waals surface area contributed by atoms with E-state index in [1.807, 2.05) is 0 Å². The van der Waals surface area contributed by atoms with Gasteiger partial charge in [-0.1, -0.05) is 35.3 Å². The summed E-state index contributed by atoms with van der Waals surface area (Å²) in [5, 5.41) is 2.41. The Labute approximate surface area is 208 Å². The van der Waals surface area contributed by atoms with Crippen molar-refractivity contribution in [3.63, 3.8) is 0 Å². The molecule has 2 aromatic rings. The molecule has 1 fully saturated rings. The summed E-state index contributed by atoms with van der Waals surface area (Å²) in [7, 11) is 17.9. The van der Waals surface area contributed by atoms with E-state index in [-0.39, 0.29) is 45.8 Å². The topological polar surface area (TPSA) is 86.8 Å². The molecule has 4 rings (SSSR count). The van der Waals surface area contributed by atoms with E-state index in [0.717, 1.165) is 12.1 Å². The smallest absolute Gasteiger partial charge is 0.348 e. The number of rotatable bonds is 5. The Kier molecular flexibility index (Phi) is 6.53. The zero-order valence-corrected chi connectivity index (χ0v) is 18.9. The summed E-state index contributed by atoms with van der Waals surface area (Å²) in [6.07, 6.45) is 0.232. The number of piperidine rings is 1. The van der Waals surface area contributed by atoms with Gasteiger partial charge in [-0.2, -0.15) is 8.78 Å². The fourth-order valence-electron chi connectivity index (χ4n) is 4.16. The van der Waals surface area contributed by atoms with Gasteiger partial charge in [0, 0.05) is 35.1 Å². The zero-order chi connectivity index (χ0) is 25.7. The Bertz CT molecular complexity index is 1250. The fourth-order valence-corrected chi connectivity index (χ4v) is 4.29. The first kappa shape index (κ1) is 25.0. The van der Waals surface area contributed by atoms with Crippen LogP contribution in [0.5, 0.6) is 0 Å². The molecule has 0 aliphatic carbocycles. The standard InChI is InChI=1S/C22H15B3ClF2N3O4/c23-17-13(18(24)31(25)21(35)22(27,28)10-1-3-11(26)4-2-10)6-5-12-14(17)9-30(20(12)34)15-7-8-16(32)29-19(15)33/h1-6,15,18H,7-9H2,(H,29,32,33). The molecule has 6 radical (unpaired) electrons. The van der Waals surface area contributed by atoms with Crippen molar-refractivity contribution in [2.75, 3.05) is 0 Å². The van der Waals surface area contributed by atoms with Gasteiger partial charge in [0.1, 0.15) is 21.7 Å². The molecule has 1 saturated heterocycles. The summed E-state index contributed by atoms with van der Waals surface area (Å²) in [5.74, 6) is -8.83. The van der Waals surface area contributed by atoms with Crippen LogP contribution < -0.4 is 10.8 Å². The third kappa shape index (κ3) is 4.35. The van der Waals surface area contributed by atoms with Gasteiger partial charge in [-0.25, -0.2) is 0 Å². The van der Waals surface area contributed by atoms with E-state index >= 15 is 0 Å². The normalized spacial score (nSPS) is 18.8. The predicted octanol–water partition coefficient (Wildman–Crippen LogP) is 0.766. The van der Waals surface area contributed by atoms with Crippen LogP contribution in [-0.4, -0.2) is 63.1 Å². The molecule has 2 aliphatic rings. The first-order chi connectivity index (χ1) is 16.4. The lowest BCUT2D eigenvalue weighted by Crippen LogP contribution is -2.52. The number of amides is 4. The Morgan fingerprint density at radius 3 is 2.46 bits per heavy atom. The van der Waals surface area contributed by atoms with Crippen LogP contribution in [0.3, 0.4) is 0 Å². The number of benzene rings is 2. The van der Waals surface area contributed by atoms with Crippen LogP contribution in [0.4, 0.5) is 8.78 Å². The molecule has 7 nitrogen and oxygen atoms in total. The third-order valence-electron chi connectivity index (χ3n) is 6.13. The molecule has 2 heterocycles. The molecule has 2 aliphatic heterocycles. The number of nitrogens with one attached hydrogen (secondary N) is 1. The summed E-state index contributed by atoms with van der Waals surface area (Å²) < 4.78 is 29.6. The van der Waals surface area contributed by atoms with Crippen LogP contribution in [-0.2, 0) is 26.9 Å². The van der Waals surface area contributed by atoms with E-state index in [2.05, 4.69) is 5.32 Å². The van der Waals surface area contributed by atoms with Crippen molar-refractivity contribution in [1.29, 1.82) is 0 Å². The highest BCUT2D eigenvalue weighted by molar-refractivity contribution is 6.37. The molecule has 0 spiro atoms. The molecule has 2 unspecified atom stereocenters. The van der Waals surface area contributed by atoms with Gasteiger partial charge in [0.05, 0.1) is 0 Å². The average Bonchev–Trinajstić information content (AvgIpc) is 3.15. The summed E-state index contributed by atoms with van der Waals surface area (Å²) in [6, 6.07) is 6.25. The van der Waals surface area contributed by atoms with Crippen LogP contribution >= 0.6 is 11.6 Å². The molecule has 0 bridgehead atoms. The number of imide groups is 1. The Morgan fingerprint density at radius 1 is 1.17 bits per heavy atom. The Balaban J connectivity index is 1.58. The van der Waals surface area contributed by atoms with Crippen molar-refractivity contribution < 1.29 is 28.0 Å². The van der Waals surface area contributed by atoms with Gasteiger partial charge in [-0.05, 0) is 35.7 Å². The van der Waals surface area contributed by atoms with Crippen molar-refractivity contribution in [2.24, 2.45) is 0 Å². The van der Waals surface area contributed by atoms with Gasteiger partial charge >= 0.3 is 5.92 Å². The molecule has 4 amide bonds. The highest BCUT2D eigenvalue weighted by atomic mass is 35.5. The predicted molar refractivity (Wildman–Crippen MR) is 124 cm³/mol. The molecule has 2 aromatic carbocycles. The second-order valence-electron chi connectivity index (χ2n) is 8.23. The van der Waals surface area contributed by atoms with E-state index in [4.69, 9.17) is 35.3 Å². The number of fused-ring (bicyclic) bond motifs is 1. The number of carbonyl (C=O) groups is 4.